The Kier molecular flexibility index (Phi) is 9.47. The zero-order valence-electron chi connectivity index (χ0n) is 23.1. The summed E-state index contributed by atoms with van der Waals surface area (Å²) in [5, 5.41) is 9.73. The van der Waals surface area contributed by atoms with E-state index < -0.39 is 12.2 Å². The van der Waals surface area contributed by atoms with Crippen LogP contribution in [-0.2, 0) is 11.2 Å². The van der Waals surface area contributed by atoms with Gasteiger partial charge in [0.05, 0.1) is 40.3 Å². The molecule has 1 N–H and O–H groups in total. The van der Waals surface area contributed by atoms with Crippen LogP contribution in [-0.4, -0.2) is 47.4 Å². The first kappa shape index (κ1) is 29.4. The Labute approximate surface area is 248 Å². The van der Waals surface area contributed by atoms with Crippen LogP contribution in [0.4, 0.5) is 10.5 Å². The van der Waals surface area contributed by atoms with Gasteiger partial charge in [0.2, 0.25) is 0 Å². The van der Waals surface area contributed by atoms with E-state index in [9.17, 15) is 19.5 Å². The number of halogens is 1. The Morgan fingerprint density at radius 1 is 1.12 bits per heavy atom. The van der Waals surface area contributed by atoms with E-state index in [0.717, 1.165) is 44.1 Å². The van der Waals surface area contributed by atoms with Gasteiger partial charge in [-0.15, -0.1) is 11.3 Å². The second-order valence-electron chi connectivity index (χ2n) is 10.8. The second kappa shape index (κ2) is 13.2. The van der Waals surface area contributed by atoms with Crippen molar-refractivity contribution in [1.82, 2.24) is 4.57 Å². The molecule has 5 rings (SSSR count). The number of aliphatic hydroxyl groups is 1. The molecule has 0 radical (unpaired) electrons. The molecule has 1 amide bonds. The molecule has 3 aromatic rings. The average Bonchev–Trinajstić information content (AvgIpc) is 3.58. The lowest BCUT2D eigenvalue weighted by molar-refractivity contribution is 0.0943. The lowest BCUT2D eigenvalue weighted by atomic mass is 9.84. The van der Waals surface area contributed by atoms with Gasteiger partial charge in [-0.25, -0.2) is 4.79 Å². The standard InChI is InChI=1S/C31H35ClN2O6S/c1-39-27-18-22(34-19-24(40-31(34)38)12-14-26(36)28-15-16-29(32)41-28)9-13-25(27)33-17-3-6-21(30(33)37)5-2-4-20-7-10-23(35)11-8-20/h3,6,9,13,15-18,20,23-24,35H,2,4-5,7-8,10-12,14,19H2,1H3/t20?,23?,24-/m0/s1. The number of aryl methyl sites for hydroxylation is 1. The lowest BCUT2D eigenvalue weighted by Crippen LogP contribution is -2.25. The van der Waals surface area contributed by atoms with Gasteiger partial charge in [0.15, 0.2) is 5.78 Å². The molecule has 2 aliphatic rings. The van der Waals surface area contributed by atoms with Crippen molar-refractivity contribution in [2.45, 2.75) is 70.0 Å². The van der Waals surface area contributed by atoms with Crippen molar-refractivity contribution in [3.8, 4) is 11.4 Å². The number of amides is 1. The predicted octanol–water partition coefficient (Wildman–Crippen LogP) is 6.42. The number of aromatic nitrogens is 1. The molecule has 1 atom stereocenters. The molecule has 2 aromatic heterocycles. The van der Waals surface area contributed by atoms with E-state index >= 15 is 0 Å². The van der Waals surface area contributed by atoms with Gasteiger partial charge in [-0.2, -0.15) is 0 Å². The summed E-state index contributed by atoms with van der Waals surface area (Å²) in [6, 6.07) is 12.4. The normalized spacial score (nSPS) is 20.7. The number of rotatable bonds is 11. The molecule has 218 valence electrons. The van der Waals surface area contributed by atoms with E-state index in [1.807, 2.05) is 12.1 Å². The van der Waals surface area contributed by atoms with Gasteiger partial charge in [0.25, 0.3) is 5.56 Å². The van der Waals surface area contributed by atoms with Crippen molar-refractivity contribution >= 4 is 40.5 Å². The SMILES string of the molecule is COc1cc(N2C[C@H](CCC(=O)c3ccc(Cl)s3)OC2=O)ccc1-n1cccc(CCCC2CCC(O)CC2)c1=O. The number of methoxy groups -OCH3 is 1. The van der Waals surface area contributed by atoms with Crippen molar-refractivity contribution in [2.75, 3.05) is 18.6 Å². The highest BCUT2D eigenvalue weighted by atomic mass is 35.5. The van der Waals surface area contributed by atoms with E-state index in [1.54, 1.807) is 41.1 Å². The molecule has 8 nitrogen and oxygen atoms in total. The van der Waals surface area contributed by atoms with Crippen LogP contribution in [0.5, 0.6) is 5.75 Å². The number of ether oxygens (including phenoxy) is 2. The van der Waals surface area contributed by atoms with E-state index in [-0.39, 0.29) is 23.9 Å². The highest BCUT2D eigenvalue weighted by Gasteiger charge is 2.33. The van der Waals surface area contributed by atoms with Gasteiger partial charge in [-0.3, -0.25) is 19.1 Å². The Hall–Kier alpha value is -3.14. The first-order valence-electron chi connectivity index (χ1n) is 14.2. The summed E-state index contributed by atoms with van der Waals surface area (Å²) in [6.45, 7) is 0.315. The molecule has 1 aliphatic carbocycles. The number of hydrogen-bond donors (Lipinski definition) is 1. The van der Waals surface area contributed by atoms with Crippen molar-refractivity contribution in [1.29, 1.82) is 0 Å². The summed E-state index contributed by atoms with van der Waals surface area (Å²) in [5.41, 5.74) is 1.85. The maximum absolute atomic E-state index is 13.4. The average molecular weight is 599 g/mol. The Balaban J connectivity index is 1.23. The number of anilines is 1. The molecular weight excluding hydrogens is 564 g/mol. The fraction of sp³-hybridized carbons (Fsp3) is 0.452. The van der Waals surface area contributed by atoms with Crippen molar-refractivity contribution < 1.29 is 24.2 Å². The summed E-state index contributed by atoms with van der Waals surface area (Å²) >= 11 is 7.18. The van der Waals surface area contributed by atoms with Gasteiger partial charge in [0.1, 0.15) is 11.9 Å². The minimum Gasteiger partial charge on any atom is -0.494 e. The summed E-state index contributed by atoms with van der Waals surface area (Å²) < 4.78 is 13.3. The molecule has 41 heavy (non-hydrogen) atoms. The van der Waals surface area contributed by atoms with E-state index in [4.69, 9.17) is 21.1 Å². The van der Waals surface area contributed by atoms with Crippen molar-refractivity contribution in [3.63, 3.8) is 0 Å². The number of cyclic esters (lactones) is 1. The van der Waals surface area contributed by atoms with Crippen LogP contribution in [0.2, 0.25) is 4.34 Å². The Morgan fingerprint density at radius 3 is 2.66 bits per heavy atom. The summed E-state index contributed by atoms with van der Waals surface area (Å²) in [7, 11) is 1.53. The van der Waals surface area contributed by atoms with Gasteiger partial charge < -0.3 is 14.6 Å². The molecule has 2 fully saturated rings. The third-order valence-corrected chi connectivity index (χ3v) is 9.32. The van der Waals surface area contributed by atoms with Gasteiger partial charge in [-0.05, 0) is 81.2 Å². The van der Waals surface area contributed by atoms with Crippen LogP contribution < -0.4 is 15.2 Å². The first-order chi connectivity index (χ1) is 19.8. The monoisotopic (exact) mass is 598 g/mol. The molecule has 0 spiro atoms. The van der Waals surface area contributed by atoms with Gasteiger partial charge in [-0.1, -0.05) is 24.1 Å². The van der Waals surface area contributed by atoms with Crippen LogP contribution >= 0.6 is 22.9 Å². The number of ketones is 1. The van der Waals surface area contributed by atoms with Crippen LogP contribution in [0.1, 0.15) is 66.6 Å². The molecule has 0 unspecified atom stereocenters. The summed E-state index contributed by atoms with van der Waals surface area (Å²) in [6.07, 6.45) is 7.89. The van der Waals surface area contributed by atoms with Crippen LogP contribution in [0, 0.1) is 5.92 Å². The minimum atomic E-state index is -0.483. The second-order valence-corrected chi connectivity index (χ2v) is 12.5. The van der Waals surface area contributed by atoms with Gasteiger partial charge in [0, 0.05) is 24.2 Å². The number of hydrogen-bond acceptors (Lipinski definition) is 7. The molecule has 1 aromatic carbocycles. The quantitative estimate of drug-likeness (QED) is 0.256. The molecule has 1 aliphatic heterocycles. The largest absolute Gasteiger partial charge is 0.494 e. The third kappa shape index (κ3) is 7.02. The number of pyridine rings is 1. The number of benzene rings is 1. The van der Waals surface area contributed by atoms with Crippen LogP contribution in [0.15, 0.2) is 53.5 Å². The topological polar surface area (TPSA) is 98.1 Å². The fourth-order valence-corrected chi connectivity index (χ4v) is 6.74. The minimum absolute atomic E-state index is 0.0242. The fourth-order valence-electron chi connectivity index (χ4n) is 5.73. The Bertz CT molecular complexity index is 1440. The van der Waals surface area contributed by atoms with E-state index in [0.29, 0.717) is 51.6 Å². The molecular formula is C31H35ClN2O6S. The predicted molar refractivity (Wildman–Crippen MR) is 160 cm³/mol. The van der Waals surface area contributed by atoms with Gasteiger partial charge >= 0.3 is 6.09 Å². The van der Waals surface area contributed by atoms with E-state index in [1.165, 1.54) is 23.3 Å². The first-order valence-corrected chi connectivity index (χ1v) is 15.4. The summed E-state index contributed by atoms with van der Waals surface area (Å²) in [4.78, 5) is 40.6. The van der Waals surface area contributed by atoms with E-state index in [2.05, 4.69) is 0 Å². The zero-order valence-corrected chi connectivity index (χ0v) is 24.7. The lowest BCUT2D eigenvalue weighted by Gasteiger charge is -2.25. The third-order valence-electron chi connectivity index (χ3n) is 8.05. The number of Topliss-reactive ketones (excluding diaryl/α,β-unsaturated/α-hetero) is 1. The molecule has 1 saturated carbocycles. The van der Waals surface area contributed by atoms with Crippen molar-refractivity contribution in [2.24, 2.45) is 5.92 Å². The van der Waals surface area contributed by atoms with Crippen LogP contribution in [0.25, 0.3) is 5.69 Å². The molecule has 3 heterocycles. The summed E-state index contributed by atoms with van der Waals surface area (Å²) in [5.74, 6) is 1.06. The highest BCUT2D eigenvalue weighted by Crippen LogP contribution is 2.32. The van der Waals surface area contributed by atoms with Crippen LogP contribution in [0.3, 0.4) is 0 Å². The number of aliphatic hydroxyl groups excluding tert-OH is 1. The number of thiophene rings is 1. The number of carbonyl (C=O) groups is 2. The maximum Gasteiger partial charge on any atom is 0.414 e. The maximum atomic E-state index is 13.4. The molecule has 0 bridgehead atoms. The van der Waals surface area contributed by atoms with Crippen molar-refractivity contribution in [3.05, 3.63) is 73.8 Å². The number of nitrogens with zero attached hydrogens (tertiary/aromatic N) is 2. The molecule has 1 saturated heterocycles. The number of carbonyl (C=O) groups excluding carboxylic acids is 2. The smallest absolute Gasteiger partial charge is 0.414 e. The zero-order chi connectivity index (χ0) is 28.9. The Morgan fingerprint density at radius 2 is 1.93 bits per heavy atom. The highest BCUT2D eigenvalue weighted by molar-refractivity contribution is 7.18. The molecule has 10 heteroatoms.